The van der Waals surface area contributed by atoms with Gasteiger partial charge in [0.05, 0.1) is 18.5 Å². The minimum Gasteiger partial charge on any atom is -0.481 e. The van der Waals surface area contributed by atoms with E-state index in [1.807, 2.05) is 30.3 Å². The van der Waals surface area contributed by atoms with Crippen LogP contribution in [0.2, 0.25) is 0 Å². The standard InChI is InChI=1S/C14H16N2O3/c1-16(7-6-13(18)19)14-11(9-17)8-10-4-2-3-5-12(10)15-14/h2-5,8,17H,6-7,9H2,1H3,(H,18,19). The van der Waals surface area contributed by atoms with Crippen molar-refractivity contribution in [3.05, 3.63) is 35.9 Å². The van der Waals surface area contributed by atoms with Gasteiger partial charge in [0, 0.05) is 24.5 Å². The van der Waals surface area contributed by atoms with E-state index in [9.17, 15) is 9.90 Å². The molecule has 0 bridgehead atoms. The molecule has 0 saturated carbocycles. The number of aliphatic hydroxyl groups excluding tert-OH is 1. The maximum absolute atomic E-state index is 10.6. The van der Waals surface area contributed by atoms with E-state index in [0.717, 1.165) is 10.9 Å². The molecule has 2 rings (SSSR count). The number of carbonyl (C=O) groups is 1. The van der Waals surface area contributed by atoms with Gasteiger partial charge in [0.1, 0.15) is 5.82 Å². The number of aliphatic hydroxyl groups is 1. The number of rotatable bonds is 5. The summed E-state index contributed by atoms with van der Waals surface area (Å²) in [6.07, 6.45) is 0.0376. The maximum atomic E-state index is 10.6. The van der Waals surface area contributed by atoms with E-state index in [-0.39, 0.29) is 13.0 Å². The molecule has 0 atom stereocenters. The molecule has 0 fully saturated rings. The van der Waals surface area contributed by atoms with Crippen LogP contribution in [0.4, 0.5) is 5.82 Å². The summed E-state index contributed by atoms with van der Waals surface area (Å²) in [6.45, 7) is 0.234. The third-order valence-corrected chi connectivity index (χ3v) is 2.97. The van der Waals surface area contributed by atoms with Gasteiger partial charge in [0.25, 0.3) is 0 Å². The molecule has 0 amide bonds. The summed E-state index contributed by atoms with van der Waals surface area (Å²) in [5.41, 5.74) is 1.53. The molecule has 0 aliphatic rings. The molecule has 0 unspecified atom stereocenters. The number of hydrogen-bond donors (Lipinski definition) is 2. The molecule has 5 heteroatoms. The van der Waals surface area contributed by atoms with Crippen molar-refractivity contribution in [2.24, 2.45) is 0 Å². The van der Waals surface area contributed by atoms with Crippen LogP contribution < -0.4 is 4.90 Å². The lowest BCUT2D eigenvalue weighted by molar-refractivity contribution is -0.136. The highest BCUT2D eigenvalue weighted by Crippen LogP contribution is 2.23. The highest BCUT2D eigenvalue weighted by molar-refractivity contribution is 5.81. The Hall–Kier alpha value is -2.14. The molecule has 0 aliphatic carbocycles. The third kappa shape index (κ3) is 3.00. The van der Waals surface area contributed by atoms with Crippen LogP contribution in [0.1, 0.15) is 12.0 Å². The number of pyridine rings is 1. The number of para-hydroxylation sites is 1. The number of fused-ring (bicyclic) bond motifs is 1. The number of hydrogen-bond acceptors (Lipinski definition) is 4. The first-order chi connectivity index (χ1) is 9.11. The van der Waals surface area contributed by atoms with E-state index in [2.05, 4.69) is 4.98 Å². The van der Waals surface area contributed by atoms with Crippen molar-refractivity contribution >= 4 is 22.7 Å². The largest absolute Gasteiger partial charge is 0.481 e. The summed E-state index contributed by atoms with van der Waals surface area (Å²) in [6, 6.07) is 9.52. The molecule has 19 heavy (non-hydrogen) atoms. The summed E-state index contributed by atoms with van der Waals surface area (Å²) in [7, 11) is 1.78. The summed E-state index contributed by atoms with van der Waals surface area (Å²) < 4.78 is 0. The van der Waals surface area contributed by atoms with Gasteiger partial charge in [-0.05, 0) is 12.1 Å². The van der Waals surface area contributed by atoms with Crippen LogP contribution in [-0.4, -0.2) is 34.8 Å². The van der Waals surface area contributed by atoms with Crippen molar-refractivity contribution in [1.29, 1.82) is 0 Å². The van der Waals surface area contributed by atoms with Crippen LogP contribution in [0.15, 0.2) is 30.3 Å². The number of nitrogens with zero attached hydrogens (tertiary/aromatic N) is 2. The number of anilines is 1. The molecule has 100 valence electrons. The van der Waals surface area contributed by atoms with E-state index in [1.54, 1.807) is 11.9 Å². The van der Waals surface area contributed by atoms with Crippen LogP contribution in [0.3, 0.4) is 0 Å². The first kappa shape index (κ1) is 13.3. The molecule has 1 heterocycles. The Balaban J connectivity index is 2.37. The average Bonchev–Trinajstić information content (AvgIpc) is 2.43. The third-order valence-electron chi connectivity index (χ3n) is 2.97. The number of carboxylic acid groups (broad SMARTS) is 1. The zero-order chi connectivity index (χ0) is 13.8. The summed E-state index contributed by atoms with van der Waals surface area (Å²) in [4.78, 5) is 16.9. The minimum atomic E-state index is -0.849. The zero-order valence-corrected chi connectivity index (χ0v) is 10.7. The minimum absolute atomic E-state index is 0.0376. The van der Waals surface area contributed by atoms with Crippen LogP contribution in [0, 0.1) is 0 Å². The maximum Gasteiger partial charge on any atom is 0.305 e. The molecule has 0 saturated heterocycles. The van der Waals surface area contributed by atoms with Gasteiger partial charge in [-0.1, -0.05) is 18.2 Å². The highest BCUT2D eigenvalue weighted by Gasteiger charge is 2.11. The van der Waals surface area contributed by atoms with Gasteiger partial charge in [-0.15, -0.1) is 0 Å². The van der Waals surface area contributed by atoms with E-state index < -0.39 is 5.97 Å². The molecule has 2 aromatic rings. The lowest BCUT2D eigenvalue weighted by Gasteiger charge is -2.20. The Morgan fingerprint density at radius 1 is 1.37 bits per heavy atom. The van der Waals surface area contributed by atoms with Crippen molar-refractivity contribution in [3.63, 3.8) is 0 Å². The Morgan fingerprint density at radius 3 is 2.79 bits per heavy atom. The summed E-state index contributed by atoms with van der Waals surface area (Å²) in [5, 5.41) is 19.1. The first-order valence-corrected chi connectivity index (χ1v) is 6.04. The topological polar surface area (TPSA) is 73.7 Å². The highest BCUT2D eigenvalue weighted by atomic mass is 16.4. The molecule has 1 aromatic carbocycles. The van der Waals surface area contributed by atoms with Gasteiger partial charge in [-0.25, -0.2) is 4.98 Å². The molecule has 5 nitrogen and oxygen atoms in total. The van der Waals surface area contributed by atoms with Gasteiger partial charge < -0.3 is 15.1 Å². The smallest absolute Gasteiger partial charge is 0.305 e. The second-order valence-electron chi connectivity index (χ2n) is 4.39. The van der Waals surface area contributed by atoms with Crippen LogP contribution in [-0.2, 0) is 11.4 Å². The van der Waals surface area contributed by atoms with Gasteiger partial charge in [-0.2, -0.15) is 0 Å². The normalized spacial score (nSPS) is 10.6. The van der Waals surface area contributed by atoms with Crippen LogP contribution >= 0.6 is 0 Å². The van der Waals surface area contributed by atoms with E-state index in [1.165, 1.54) is 0 Å². The summed E-state index contributed by atoms with van der Waals surface area (Å²) in [5.74, 6) is -0.222. The first-order valence-electron chi connectivity index (χ1n) is 6.04. The van der Waals surface area contributed by atoms with Gasteiger partial charge in [0.15, 0.2) is 0 Å². The Kier molecular flexibility index (Phi) is 3.97. The monoisotopic (exact) mass is 260 g/mol. The Bertz CT molecular complexity index is 598. The Morgan fingerprint density at radius 2 is 2.11 bits per heavy atom. The number of aromatic nitrogens is 1. The van der Waals surface area contributed by atoms with E-state index >= 15 is 0 Å². The molecule has 2 N–H and O–H groups in total. The van der Waals surface area contributed by atoms with Gasteiger partial charge in [0.2, 0.25) is 0 Å². The fourth-order valence-corrected chi connectivity index (χ4v) is 1.97. The van der Waals surface area contributed by atoms with Crippen molar-refractivity contribution in [3.8, 4) is 0 Å². The van der Waals surface area contributed by atoms with Gasteiger partial charge >= 0.3 is 5.97 Å². The SMILES string of the molecule is CN(CCC(=O)O)c1nc2ccccc2cc1CO. The number of aliphatic carboxylic acids is 1. The molecular weight excluding hydrogens is 244 g/mol. The lowest BCUT2D eigenvalue weighted by Crippen LogP contribution is -2.23. The van der Waals surface area contributed by atoms with Gasteiger partial charge in [-0.3, -0.25) is 4.79 Å². The molecule has 0 radical (unpaired) electrons. The predicted octanol–water partition coefficient (Wildman–Crippen LogP) is 1.64. The summed E-state index contributed by atoms with van der Waals surface area (Å²) >= 11 is 0. The fraction of sp³-hybridized carbons (Fsp3) is 0.286. The average molecular weight is 260 g/mol. The van der Waals surface area contributed by atoms with Crippen molar-refractivity contribution in [2.75, 3.05) is 18.5 Å². The molecule has 1 aromatic heterocycles. The molecule has 0 spiro atoms. The van der Waals surface area contributed by atoms with Crippen molar-refractivity contribution in [2.45, 2.75) is 13.0 Å². The van der Waals surface area contributed by atoms with Crippen molar-refractivity contribution in [1.82, 2.24) is 4.98 Å². The lowest BCUT2D eigenvalue weighted by atomic mass is 10.1. The zero-order valence-electron chi connectivity index (χ0n) is 10.7. The van der Waals surface area contributed by atoms with Crippen molar-refractivity contribution < 1.29 is 15.0 Å². The number of carboxylic acids is 1. The second-order valence-corrected chi connectivity index (χ2v) is 4.39. The van der Waals surface area contributed by atoms with E-state index in [4.69, 9.17) is 5.11 Å². The molecular formula is C14H16N2O3. The molecule has 0 aliphatic heterocycles. The Labute approximate surface area is 111 Å². The fourth-order valence-electron chi connectivity index (χ4n) is 1.97. The van der Waals surface area contributed by atoms with Crippen LogP contribution in [0.25, 0.3) is 10.9 Å². The second kappa shape index (κ2) is 5.67. The number of benzene rings is 1. The quantitative estimate of drug-likeness (QED) is 0.855. The predicted molar refractivity (Wildman–Crippen MR) is 73.2 cm³/mol. The van der Waals surface area contributed by atoms with Crippen LogP contribution in [0.5, 0.6) is 0 Å². The van der Waals surface area contributed by atoms with E-state index in [0.29, 0.717) is 17.9 Å².